The number of benzene rings is 15. The van der Waals surface area contributed by atoms with Crippen molar-refractivity contribution in [1.82, 2.24) is 0 Å². The molecule has 0 aliphatic carbocycles. The van der Waals surface area contributed by atoms with Gasteiger partial charge in [-0.05, 0) is 229 Å². The van der Waals surface area contributed by atoms with E-state index in [0.717, 1.165) is 115 Å². The summed E-state index contributed by atoms with van der Waals surface area (Å²) in [7, 11) is 0. The van der Waals surface area contributed by atoms with Gasteiger partial charge in [0.15, 0.2) is 0 Å². The first-order valence-corrected chi connectivity index (χ1v) is 25.2. The maximum atomic E-state index is 14.4. The zero-order valence-corrected chi connectivity index (χ0v) is 40.2. The molecule has 0 amide bonds. The second-order valence-corrected chi connectivity index (χ2v) is 19.7. The van der Waals surface area contributed by atoms with Gasteiger partial charge in [0, 0.05) is 34.1 Å². The summed E-state index contributed by atoms with van der Waals surface area (Å²) in [6, 6.07) is 84.1. The van der Waals surface area contributed by atoms with E-state index in [0.29, 0.717) is 0 Å². The van der Waals surface area contributed by atoms with Crippen molar-refractivity contribution in [2.75, 3.05) is 9.80 Å². The second-order valence-electron chi connectivity index (χ2n) is 19.7. The Balaban J connectivity index is 0.942. The van der Waals surface area contributed by atoms with Gasteiger partial charge in [0.05, 0.1) is 0 Å². The highest BCUT2D eigenvalue weighted by molar-refractivity contribution is 6.33. The molecule has 0 aromatic heterocycles. The fraction of sp³-hybridized carbons (Fsp3) is 0. The Morgan fingerprint density at radius 3 is 0.787 bits per heavy atom. The van der Waals surface area contributed by atoms with Crippen LogP contribution in [0.3, 0.4) is 0 Å². The Bertz CT molecular complexity index is 4820. The Labute approximate surface area is 428 Å². The second kappa shape index (κ2) is 16.7. The topological polar surface area (TPSA) is 6.48 Å². The van der Waals surface area contributed by atoms with E-state index in [1.165, 1.54) is 45.1 Å². The molecule has 0 fully saturated rings. The molecule has 0 aliphatic rings. The van der Waals surface area contributed by atoms with E-state index in [1.54, 1.807) is 18.2 Å². The first-order valence-electron chi connectivity index (χ1n) is 25.2. The Kier molecular flexibility index (Phi) is 9.54. The van der Waals surface area contributed by atoms with Crippen LogP contribution >= 0.6 is 0 Å². The van der Waals surface area contributed by atoms with Crippen molar-refractivity contribution in [1.29, 1.82) is 0 Å². The molecule has 0 saturated heterocycles. The Morgan fingerprint density at radius 1 is 0.173 bits per heavy atom. The summed E-state index contributed by atoms with van der Waals surface area (Å²) < 4.78 is 43.2. The van der Waals surface area contributed by atoms with E-state index in [4.69, 9.17) is 0 Å². The number of fused-ring (bicyclic) bond motifs is 16. The molecule has 0 radical (unpaired) electrons. The lowest BCUT2D eigenvalue weighted by molar-refractivity contribution is 0.629. The molecule has 75 heavy (non-hydrogen) atoms. The van der Waals surface area contributed by atoms with Crippen molar-refractivity contribution in [3.8, 4) is 0 Å². The minimum absolute atomic E-state index is 0.252. The predicted molar refractivity (Wildman–Crippen MR) is 311 cm³/mol. The summed E-state index contributed by atoms with van der Waals surface area (Å²) in [6.45, 7) is 0. The molecular formula is C70H41F3N2. The molecule has 5 heteroatoms. The molecule has 15 aromatic carbocycles. The molecular weight excluding hydrogens is 926 g/mol. The molecule has 15 aromatic rings. The van der Waals surface area contributed by atoms with Gasteiger partial charge in [-0.2, -0.15) is 0 Å². The smallest absolute Gasteiger partial charge is 0.123 e. The van der Waals surface area contributed by atoms with E-state index in [9.17, 15) is 13.2 Å². The number of halogens is 3. The van der Waals surface area contributed by atoms with Crippen molar-refractivity contribution >= 4 is 142 Å². The van der Waals surface area contributed by atoms with Crippen LogP contribution < -0.4 is 9.80 Å². The zero-order chi connectivity index (χ0) is 49.9. The van der Waals surface area contributed by atoms with E-state index < -0.39 is 0 Å². The Hall–Kier alpha value is -9.71. The summed E-state index contributed by atoms with van der Waals surface area (Å²) in [5, 5.41) is 21.5. The Morgan fingerprint density at radius 2 is 0.413 bits per heavy atom. The van der Waals surface area contributed by atoms with Crippen LogP contribution in [0.5, 0.6) is 0 Å². The molecule has 0 atom stereocenters. The quantitative estimate of drug-likeness (QED) is 0.121. The van der Waals surface area contributed by atoms with Gasteiger partial charge in [0.25, 0.3) is 0 Å². The van der Waals surface area contributed by atoms with Gasteiger partial charge in [0.1, 0.15) is 17.5 Å². The minimum Gasteiger partial charge on any atom is -0.310 e. The summed E-state index contributed by atoms with van der Waals surface area (Å²) in [5.41, 5.74) is 5.81. The molecule has 0 heterocycles. The fourth-order valence-electron chi connectivity index (χ4n) is 11.9. The number of hydrogen-bond acceptors (Lipinski definition) is 2. The zero-order valence-electron chi connectivity index (χ0n) is 40.2. The predicted octanol–water partition coefficient (Wildman–Crippen LogP) is 20.6. The van der Waals surface area contributed by atoms with Crippen LogP contribution in [0.1, 0.15) is 0 Å². The molecule has 0 unspecified atom stereocenters. The van der Waals surface area contributed by atoms with Gasteiger partial charge < -0.3 is 9.80 Å². The van der Waals surface area contributed by atoms with E-state index in [1.807, 2.05) is 48.5 Å². The fourth-order valence-corrected chi connectivity index (χ4v) is 11.9. The molecule has 2 nitrogen and oxygen atoms in total. The SMILES string of the molecule is Fc1ccc2cc(N(c3ccc4ccccc4c3)c3ccc4c(c3)c3ccccc3c3cc5c6ccc(N(c7ccc8cc(F)ccc8c7)c7ccc8cc(F)ccc8c7)cc6c6ccccc6c5cc43)ccc2c1. The highest BCUT2D eigenvalue weighted by Crippen LogP contribution is 2.47. The normalized spacial score (nSPS) is 11.9. The molecule has 0 bridgehead atoms. The van der Waals surface area contributed by atoms with Crippen LogP contribution in [0.4, 0.5) is 47.3 Å². The largest absolute Gasteiger partial charge is 0.310 e. The summed E-state index contributed by atoms with van der Waals surface area (Å²) in [4.78, 5) is 4.55. The number of hydrogen-bond donors (Lipinski definition) is 0. The van der Waals surface area contributed by atoms with Gasteiger partial charge in [-0.1, -0.05) is 127 Å². The highest BCUT2D eigenvalue weighted by Gasteiger charge is 2.21. The van der Waals surface area contributed by atoms with Crippen LogP contribution in [0.15, 0.2) is 249 Å². The molecule has 352 valence electrons. The molecule has 0 saturated carbocycles. The third-order valence-electron chi connectivity index (χ3n) is 15.4. The van der Waals surface area contributed by atoms with Crippen LogP contribution in [0.2, 0.25) is 0 Å². The minimum atomic E-state index is -0.274. The standard InChI is InChI=1S/C70H41F3N2/c71-50-20-13-47-35-54(24-17-44(47)31-50)74(53-23-16-42-7-1-2-8-43(42)34-53)57-27-29-63-65(38-57)59-9-3-5-11-61(59)67-41-70-64-30-28-58(39-66(64)60-10-4-6-12-62(60)68(70)40-69(63)67)75(55-25-18-45-32-51(72)21-14-48(45)36-55)56-26-19-46-33-52(73)22-15-49(46)37-56/h1-41H. The molecule has 15 rings (SSSR count). The van der Waals surface area contributed by atoms with Gasteiger partial charge in [-0.25, -0.2) is 13.2 Å². The maximum Gasteiger partial charge on any atom is 0.123 e. The van der Waals surface area contributed by atoms with E-state index in [-0.39, 0.29) is 17.5 Å². The lowest BCUT2D eigenvalue weighted by Crippen LogP contribution is -2.10. The van der Waals surface area contributed by atoms with Crippen LogP contribution in [0, 0.1) is 17.5 Å². The van der Waals surface area contributed by atoms with Crippen molar-refractivity contribution in [3.63, 3.8) is 0 Å². The lowest BCUT2D eigenvalue weighted by Gasteiger charge is -2.27. The highest BCUT2D eigenvalue weighted by atomic mass is 19.1. The maximum absolute atomic E-state index is 14.4. The van der Waals surface area contributed by atoms with Crippen molar-refractivity contribution in [3.05, 3.63) is 266 Å². The monoisotopic (exact) mass is 966 g/mol. The first-order chi connectivity index (χ1) is 36.8. The summed E-state index contributed by atoms with van der Waals surface area (Å²) >= 11 is 0. The molecule has 0 spiro atoms. The van der Waals surface area contributed by atoms with Crippen molar-refractivity contribution < 1.29 is 13.2 Å². The third kappa shape index (κ3) is 7.04. The first kappa shape index (κ1) is 42.9. The number of nitrogens with zero attached hydrogens (tertiary/aromatic N) is 2. The average Bonchev–Trinajstić information content (AvgIpc) is 3.45. The van der Waals surface area contributed by atoms with Gasteiger partial charge >= 0.3 is 0 Å². The number of rotatable bonds is 6. The van der Waals surface area contributed by atoms with Crippen molar-refractivity contribution in [2.24, 2.45) is 0 Å². The van der Waals surface area contributed by atoms with Gasteiger partial charge in [-0.3, -0.25) is 0 Å². The van der Waals surface area contributed by atoms with E-state index >= 15 is 0 Å². The van der Waals surface area contributed by atoms with Crippen LogP contribution in [0.25, 0.3) is 108 Å². The third-order valence-corrected chi connectivity index (χ3v) is 15.4. The van der Waals surface area contributed by atoms with Gasteiger partial charge in [-0.15, -0.1) is 0 Å². The summed E-state index contributed by atoms with van der Waals surface area (Å²) in [6.07, 6.45) is 0. The van der Waals surface area contributed by atoms with E-state index in [2.05, 4.69) is 174 Å². The average molecular weight is 967 g/mol. The van der Waals surface area contributed by atoms with Crippen molar-refractivity contribution in [2.45, 2.75) is 0 Å². The summed E-state index contributed by atoms with van der Waals surface area (Å²) in [5.74, 6) is -0.801. The molecule has 0 aliphatic heterocycles. The van der Waals surface area contributed by atoms with Gasteiger partial charge in [0.2, 0.25) is 0 Å². The molecule has 0 N–H and O–H groups in total. The lowest BCUT2D eigenvalue weighted by atomic mass is 9.88. The van der Waals surface area contributed by atoms with Crippen LogP contribution in [-0.4, -0.2) is 0 Å². The van der Waals surface area contributed by atoms with Crippen LogP contribution in [-0.2, 0) is 0 Å². The number of anilines is 6.